The molecule has 2 atom stereocenters. The number of alkyl halides is 3. The zero-order valence-electron chi connectivity index (χ0n) is 17.2. The van der Waals surface area contributed by atoms with E-state index in [4.69, 9.17) is 16.3 Å². The fourth-order valence-electron chi connectivity index (χ4n) is 3.64. The van der Waals surface area contributed by atoms with Gasteiger partial charge in [0.25, 0.3) is 5.91 Å². The number of halogens is 4. The highest BCUT2D eigenvalue weighted by Gasteiger charge is 2.36. The average molecular weight is 471 g/mol. The fourth-order valence-corrected chi connectivity index (χ4v) is 3.81. The van der Waals surface area contributed by atoms with Crippen LogP contribution < -0.4 is 10.1 Å². The number of aliphatic hydroxyl groups excluding tert-OH is 1. The Labute approximate surface area is 187 Å². The van der Waals surface area contributed by atoms with E-state index < -0.39 is 35.7 Å². The predicted octanol–water partition coefficient (Wildman–Crippen LogP) is 3.82. The lowest BCUT2D eigenvalue weighted by Crippen LogP contribution is -2.46. The predicted molar refractivity (Wildman–Crippen MR) is 111 cm³/mol. The smallest absolute Gasteiger partial charge is 0.416 e. The van der Waals surface area contributed by atoms with Crippen molar-refractivity contribution in [3.05, 3.63) is 64.2 Å². The third kappa shape index (κ3) is 5.34. The second-order valence-corrected chi connectivity index (χ2v) is 7.82. The number of rotatable bonds is 6. The van der Waals surface area contributed by atoms with Gasteiger partial charge in [-0.3, -0.25) is 9.59 Å². The topological polar surface area (TPSA) is 78.9 Å². The van der Waals surface area contributed by atoms with E-state index in [9.17, 15) is 27.9 Å². The van der Waals surface area contributed by atoms with Crippen molar-refractivity contribution in [1.82, 2.24) is 10.2 Å². The summed E-state index contributed by atoms with van der Waals surface area (Å²) in [5.74, 6) is -0.589. The van der Waals surface area contributed by atoms with Crippen molar-refractivity contribution in [2.75, 3.05) is 20.2 Å². The Morgan fingerprint density at radius 1 is 1.28 bits per heavy atom. The van der Waals surface area contributed by atoms with Gasteiger partial charge in [0.05, 0.1) is 24.3 Å². The third-order valence-electron chi connectivity index (χ3n) is 5.28. The first-order chi connectivity index (χ1) is 15.1. The Kier molecular flexibility index (Phi) is 7.30. The maximum absolute atomic E-state index is 13.0. The molecule has 0 saturated carbocycles. The first-order valence-corrected chi connectivity index (χ1v) is 10.3. The third-order valence-corrected chi connectivity index (χ3v) is 5.51. The normalized spacial score (nSPS) is 17.2. The number of carbonyl (C=O) groups excluding carboxylic acids is 2. The van der Waals surface area contributed by atoms with E-state index in [1.807, 2.05) is 0 Å². The van der Waals surface area contributed by atoms with Crippen molar-refractivity contribution >= 4 is 23.4 Å². The molecule has 32 heavy (non-hydrogen) atoms. The summed E-state index contributed by atoms with van der Waals surface area (Å²) < 4.78 is 43.9. The standard InChI is InChI=1S/C22H22ClF3N2O4/c1-32-19-8-7-15(23)11-16(19)21(31)28-9-3-6-17(28)20(30)27-12-18(29)13-4-2-5-14(10-13)22(24,25)26/h2,4-5,7-8,10-11,17-18,29H,3,6,9,12H2,1H3,(H,27,30). The first-order valence-electron chi connectivity index (χ1n) is 9.89. The lowest BCUT2D eigenvalue weighted by Gasteiger charge is -2.25. The van der Waals surface area contributed by atoms with E-state index in [1.165, 1.54) is 30.2 Å². The van der Waals surface area contributed by atoms with Crippen LogP contribution in [0.15, 0.2) is 42.5 Å². The van der Waals surface area contributed by atoms with Crippen LogP contribution in [0.3, 0.4) is 0 Å². The molecule has 0 radical (unpaired) electrons. The van der Waals surface area contributed by atoms with Gasteiger partial charge in [-0.2, -0.15) is 13.2 Å². The van der Waals surface area contributed by atoms with E-state index in [2.05, 4.69) is 5.32 Å². The number of hydrogen-bond acceptors (Lipinski definition) is 4. The molecule has 1 saturated heterocycles. The van der Waals surface area contributed by atoms with Gasteiger partial charge in [0.2, 0.25) is 5.91 Å². The number of likely N-dealkylation sites (tertiary alicyclic amines) is 1. The summed E-state index contributed by atoms with van der Waals surface area (Å²) in [6.45, 7) is 0.0575. The second kappa shape index (κ2) is 9.79. The highest BCUT2D eigenvalue weighted by molar-refractivity contribution is 6.31. The summed E-state index contributed by atoms with van der Waals surface area (Å²) in [4.78, 5) is 27.2. The van der Waals surface area contributed by atoms with Crippen LogP contribution in [0.25, 0.3) is 0 Å². The molecule has 0 aromatic heterocycles. The van der Waals surface area contributed by atoms with Gasteiger partial charge in [0.1, 0.15) is 11.8 Å². The Morgan fingerprint density at radius 3 is 2.72 bits per heavy atom. The molecule has 2 unspecified atom stereocenters. The van der Waals surface area contributed by atoms with E-state index in [0.717, 1.165) is 12.1 Å². The van der Waals surface area contributed by atoms with Gasteiger partial charge in [-0.05, 0) is 48.7 Å². The minimum Gasteiger partial charge on any atom is -0.496 e. The molecule has 2 N–H and O–H groups in total. The highest BCUT2D eigenvalue weighted by Crippen LogP contribution is 2.31. The molecule has 2 amide bonds. The molecule has 1 aliphatic rings. The Hall–Kier alpha value is -2.78. The number of carbonyl (C=O) groups is 2. The van der Waals surface area contributed by atoms with Crippen LogP contribution in [0.4, 0.5) is 13.2 Å². The number of aliphatic hydroxyl groups is 1. The molecule has 2 aromatic carbocycles. The molecule has 3 rings (SSSR count). The number of methoxy groups -OCH3 is 1. The molecule has 1 fully saturated rings. The Morgan fingerprint density at radius 2 is 2.03 bits per heavy atom. The zero-order chi connectivity index (χ0) is 23.5. The van der Waals surface area contributed by atoms with E-state index in [-0.39, 0.29) is 17.7 Å². The van der Waals surface area contributed by atoms with Crippen LogP contribution in [0.1, 0.15) is 40.4 Å². The lowest BCUT2D eigenvalue weighted by atomic mass is 10.1. The number of benzene rings is 2. The van der Waals surface area contributed by atoms with Crippen molar-refractivity contribution in [3.8, 4) is 5.75 Å². The molecule has 6 nitrogen and oxygen atoms in total. The molecular weight excluding hydrogens is 449 g/mol. The number of ether oxygens (including phenoxy) is 1. The van der Waals surface area contributed by atoms with Crippen LogP contribution >= 0.6 is 11.6 Å². The quantitative estimate of drug-likeness (QED) is 0.672. The maximum Gasteiger partial charge on any atom is 0.416 e. The molecule has 0 spiro atoms. The molecule has 172 valence electrons. The van der Waals surface area contributed by atoms with E-state index in [0.29, 0.717) is 30.2 Å². The van der Waals surface area contributed by atoms with Crippen molar-refractivity contribution in [2.24, 2.45) is 0 Å². The zero-order valence-corrected chi connectivity index (χ0v) is 17.9. The van der Waals surface area contributed by atoms with Crippen LogP contribution in [0.5, 0.6) is 5.75 Å². The average Bonchev–Trinajstić information content (AvgIpc) is 3.26. The van der Waals surface area contributed by atoms with Crippen molar-refractivity contribution < 1.29 is 32.6 Å². The van der Waals surface area contributed by atoms with Crippen LogP contribution in [0, 0.1) is 0 Å². The molecular formula is C22H22ClF3N2O4. The molecule has 1 heterocycles. The van der Waals surface area contributed by atoms with Crippen LogP contribution in [-0.2, 0) is 11.0 Å². The molecule has 1 aliphatic heterocycles. The summed E-state index contributed by atoms with van der Waals surface area (Å²) in [5.41, 5.74) is -0.629. The minimum atomic E-state index is -4.54. The van der Waals surface area contributed by atoms with Crippen molar-refractivity contribution in [1.29, 1.82) is 0 Å². The fraction of sp³-hybridized carbons (Fsp3) is 0.364. The molecule has 0 aliphatic carbocycles. The second-order valence-electron chi connectivity index (χ2n) is 7.39. The summed E-state index contributed by atoms with van der Waals surface area (Å²) >= 11 is 6.00. The van der Waals surface area contributed by atoms with Crippen LogP contribution in [-0.4, -0.2) is 48.1 Å². The first kappa shape index (κ1) is 23.9. The van der Waals surface area contributed by atoms with Gasteiger partial charge < -0.3 is 20.1 Å². The van der Waals surface area contributed by atoms with Gasteiger partial charge in [0.15, 0.2) is 0 Å². The van der Waals surface area contributed by atoms with E-state index >= 15 is 0 Å². The summed E-state index contributed by atoms with van der Waals surface area (Å²) in [6.07, 6.45) is -4.85. The van der Waals surface area contributed by atoms with Crippen LogP contribution in [0.2, 0.25) is 5.02 Å². The molecule has 2 aromatic rings. The Balaban J connectivity index is 1.67. The van der Waals surface area contributed by atoms with Gasteiger partial charge in [-0.25, -0.2) is 0 Å². The number of hydrogen-bond donors (Lipinski definition) is 2. The molecule has 10 heteroatoms. The van der Waals surface area contributed by atoms with Gasteiger partial charge in [-0.1, -0.05) is 23.7 Å². The lowest BCUT2D eigenvalue weighted by molar-refractivity contribution is -0.137. The highest BCUT2D eigenvalue weighted by atomic mass is 35.5. The summed E-state index contributed by atoms with van der Waals surface area (Å²) in [5, 5.41) is 13.1. The number of amides is 2. The van der Waals surface area contributed by atoms with Gasteiger partial charge in [-0.15, -0.1) is 0 Å². The minimum absolute atomic E-state index is 0.0307. The summed E-state index contributed by atoms with van der Waals surface area (Å²) in [6, 6.07) is 8.12. The number of nitrogens with one attached hydrogen (secondary N) is 1. The van der Waals surface area contributed by atoms with Crippen molar-refractivity contribution in [2.45, 2.75) is 31.2 Å². The molecule has 0 bridgehead atoms. The van der Waals surface area contributed by atoms with Crippen molar-refractivity contribution in [3.63, 3.8) is 0 Å². The monoisotopic (exact) mass is 470 g/mol. The Bertz CT molecular complexity index is 999. The largest absolute Gasteiger partial charge is 0.496 e. The SMILES string of the molecule is COc1ccc(Cl)cc1C(=O)N1CCCC1C(=O)NCC(O)c1cccc(C(F)(F)F)c1. The van der Waals surface area contributed by atoms with E-state index in [1.54, 1.807) is 12.1 Å². The summed E-state index contributed by atoms with van der Waals surface area (Å²) in [7, 11) is 1.42. The number of nitrogens with zero attached hydrogens (tertiary/aromatic N) is 1. The van der Waals surface area contributed by atoms with Gasteiger partial charge >= 0.3 is 6.18 Å². The maximum atomic E-state index is 13.0. The van der Waals surface area contributed by atoms with Gasteiger partial charge in [0, 0.05) is 18.1 Å².